The Kier molecular flexibility index (Phi) is 6.81. The fourth-order valence-electron chi connectivity index (χ4n) is 2.28. The smallest absolute Gasteiger partial charge is 0.240 e. The Labute approximate surface area is 149 Å². The predicted octanol–water partition coefficient (Wildman–Crippen LogP) is 2.08. The molecule has 2 aromatic rings. The van der Waals surface area contributed by atoms with Gasteiger partial charge in [0.05, 0.1) is 19.1 Å². The van der Waals surface area contributed by atoms with Crippen LogP contribution in [0.2, 0.25) is 0 Å². The van der Waals surface area contributed by atoms with Gasteiger partial charge < -0.3 is 14.8 Å². The molecule has 2 N–H and O–H groups in total. The van der Waals surface area contributed by atoms with Crippen LogP contribution in [0.5, 0.6) is 11.5 Å². The van der Waals surface area contributed by atoms with E-state index in [-0.39, 0.29) is 4.90 Å². The maximum atomic E-state index is 12.2. The number of nitrogens with one attached hydrogen (secondary N) is 2. The molecule has 25 heavy (non-hydrogen) atoms. The van der Waals surface area contributed by atoms with Crippen LogP contribution < -0.4 is 19.5 Å². The van der Waals surface area contributed by atoms with Gasteiger partial charge in [0.25, 0.3) is 0 Å². The molecule has 0 fully saturated rings. The van der Waals surface area contributed by atoms with Crippen molar-refractivity contribution in [2.24, 2.45) is 0 Å². The molecule has 0 amide bonds. The van der Waals surface area contributed by atoms with Crippen LogP contribution in [-0.2, 0) is 16.6 Å². The third kappa shape index (κ3) is 5.74. The normalized spacial score (nSPS) is 11.3. The molecule has 6 nitrogen and oxygen atoms in total. The van der Waals surface area contributed by atoms with E-state index in [0.29, 0.717) is 19.6 Å². The molecule has 0 aliphatic carbocycles. The number of aryl methyl sites for hydroxylation is 1. The molecule has 2 aromatic carbocycles. The molecule has 2 rings (SSSR count). The summed E-state index contributed by atoms with van der Waals surface area (Å²) in [6.07, 6.45) is 0. The number of hydrogen-bond acceptors (Lipinski definition) is 5. The molecule has 0 aliphatic rings. The minimum Gasteiger partial charge on any atom is -0.497 e. The lowest BCUT2D eigenvalue weighted by atomic mass is 10.2. The van der Waals surface area contributed by atoms with Crippen LogP contribution >= 0.6 is 0 Å². The summed E-state index contributed by atoms with van der Waals surface area (Å²) >= 11 is 0. The van der Waals surface area contributed by atoms with E-state index in [2.05, 4.69) is 10.0 Å². The summed E-state index contributed by atoms with van der Waals surface area (Å²) in [7, 11) is -0.267. The van der Waals surface area contributed by atoms with Crippen molar-refractivity contribution in [2.45, 2.75) is 18.4 Å². The third-order valence-corrected chi connectivity index (χ3v) is 5.14. The first-order valence-corrected chi connectivity index (χ1v) is 9.42. The van der Waals surface area contributed by atoms with E-state index in [1.54, 1.807) is 44.6 Å². The molecular weight excluding hydrogens is 340 g/mol. The van der Waals surface area contributed by atoms with E-state index >= 15 is 0 Å². The highest BCUT2D eigenvalue weighted by Crippen LogP contribution is 2.22. The Balaban J connectivity index is 1.82. The van der Waals surface area contributed by atoms with Gasteiger partial charge in [-0.1, -0.05) is 17.7 Å². The van der Waals surface area contributed by atoms with E-state index in [1.807, 2.05) is 19.1 Å². The summed E-state index contributed by atoms with van der Waals surface area (Å²) in [5, 5.41) is 3.20. The highest BCUT2D eigenvalue weighted by atomic mass is 32.2. The van der Waals surface area contributed by atoms with Gasteiger partial charge in [0.1, 0.15) is 11.5 Å². The Hall–Kier alpha value is -2.09. The lowest BCUT2D eigenvalue weighted by Crippen LogP contribution is -2.31. The average molecular weight is 364 g/mol. The first kappa shape index (κ1) is 19.2. The standard InChI is InChI=1S/C18H24N2O4S/c1-14-4-6-18(7-5-14)25(21,22)20-9-8-19-13-15-10-16(23-2)12-17(11-15)24-3/h4-7,10-12,19-20H,8-9,13H2,1-3H3. The van der Waals surface area contributed by atoms with Crippen molar-refractivity contribution >= 4 is 10.0 Å². The third-order valence-electron chi connectivity index (χ3n) is 3.67. The second-order valence-electron chi connectivity index (χ2n) is 5.61. The summed E-state index contributed by atoms with van der Waals surface area (Å²) < 4.78 is 37.4. The summed E-state index contributed by atoms with van der Waals surface area (Å²) in [5.74, 6) is 1.44. The molecule has 0 aliphatic heterocycles. The quantitative estimate of drug-likeness (QED) is 0.666. The minimum absolute atomic E-state index is 0.274. The minimum atomic E-state index is -3.47. The zero-order valence-corrected chi connectivity index (χ0v) is 15.5. The van der Waals surface area contributed by atoms with E-state index in [4.69, 9.17) is 9.47 Å². The summed E-state index contributed by atoms with van der Waals surface area (Å²) in [4.78, 5) is 0.274. The summed E-state index contributed by atoms with van der Waals surface area (Å²) in [6, 6.07) is 12.4. The lowest BCUT2D eigenvalue weighted by molar-refractivity contribution is 0.393. The first-order chi connectivity index (χ1) is 11.9. The van der Waals surface area contributed by atoms with Crippen molar-refractivity contribution in [3.63, 3.8) is 0 Å². The molecule has 0 bridgehead atoms. The van der Waals surface area contributed by atoms with Crippen LogP contribution in [0.3, 0.4) is 0 Å². The van der Waals surface area contributed by atoms with E-state index in [1.165, 1.54) is 0 Å². The van der Waals surface area contributed by atoms with Crippen LogP contribution in [-0.4, -0.2) is 35.7 Å². The number of benzene rings is 2. The number of rotatable bonds is 9. The first-order valence-electron chi connectivity index (χ1n) is 7.93. The molecule has 0 spiro atoms. The largest absolute Gasteiger partial charge is 0.497 e. The number of hydrogen-bond donors (Lipinski definition) is 2. The van der Waals surface area contributed by atoms with Crippen LogP contribution in [0.1, 0.15) is 11.1 Å². The highest BCUT2D eigenvalue weighted by molar-refractivity contribution is 7.89. The maximum Gasteiger partial charge on any atom is 0.240 e. The fourth-order valence-corrected chi connectivity index (χ4v) is 3.31. The van der Waals surface area contributed by atoms with Crippen molar-refractivity contribution < 1.29 is 17.9 Å². The van der Waals surface area contributed by atoms with Crippen LogP contribution in [0, 0.1) is 6.92 Å². The molecule has 0 heterocycles. The van der Waals surface area contributed by atoms with E-state index < -0.39 is 10.0 Å². The van der Waals surface area contributed by atoms with Gasteiger partial charge in [-0.25, -0.2) is 13.1 Å². The lowest BCUT2D eigenvalue weighted by Gasteiger charge is -2.10. The molecule has 136 valence electrons. The Morgan fingerprint density at radius 2 is 1.52 bits per heavy atom. The van der Waals surface area contributed by atoms with Crippen molar-refractivity contribution in [2.75, 3.05) is 27.3 Å². The van der Waals surface area contributed by atoms with Gasteiger partial charge >= 0.3 is 0 Å². The number of ether oxygens (including phenoxy) is 2. The van der Waals surface area contributed by atoms with Gasteiger partial charge in [0.2, 0.25) is 10.0 Å². The Morgan fingerprint density at radius 3 is 2.08 bits per heavy atom. The van der Waals surface area contributed by atoms with Gasteiger partial charge in [-0.3, -0.25) is 0 Å². The molecule has 0 aromatic heterocycles. The molecule has 0 saturated carbocycles. The fraction of sp³-hybridized carbons (Fsp3) is 0.333. The second kappa shape index (κ2) is 8.84. The zero-order valence-electron chi connectivity index (χ0n) is 14.7. The van der Waals surface area contributed by atoms with Gasteiger partial charge in [-0.15, -0.1) is 0 Å². The van der Waals surface area contributed by atoms with Gasteiger partial charge in [-0.05, 0) is 36.8 Å². The van der Waals surface area contributed by atoms with Crippen molar-refractivity contribution in [1.29, 1.82) is 0 Å². The van der Waals surface area contributed by atoms with E-state index in [0.717, 1.165) is 22.6 Å². The van der Waals surface area contributed by atoms with Gasteiger partial charge in [-0.2, -0.15) is 0 Å². The average Bonchev–Trinajstić information content (AvgIpc) is 2.61. The molecule has 0 unspecified atom stereocenters. The Morgan fingerprint density at radius 1 is 0.920 bits per heavy atom. The van der Waals surface area contributed by atoms with E-state index in [9.17, 15) is 8.42 Å². The molecule has 0 atom stereocenters. The highest BCUT2D eigenvalue weighted by Gasteiger charge is 2.12. The molecular formula is C18H24N2O4S. The number of sulfonamides is 1. The topological polar surface area (TPSA) is 76.7 Å². The van der Waals surface area contributed by atoms with Crippen molar-refractivity contribution in [1.82, 2.24) is 10.0 Å². The molecule has 0 saturated heterocycles. The monoisotopic (exact) mass is 364 g/mol. The second-order valence-corrected chi connectivity index (χ2v) is 7.38. The van der Waals surface area contributed by atoms with Crippen molar-refractivity contribution in [3.8, 4) is 11.5 Å². The van der Waals surface area contributed by atoms with Gasteiger partial charge in [0.15, 0.2) is 0 Å². The molecule has 7 heteroatoms. The van der Waals surface area contributed by atoms with Crippen molar-refractivity contribution in [3.05, 3.63) is 53.6 Å². The van der Waals surface area contributed by atoms with Crippen LogP contribution in [0.15, 0.2) is 47.4 Å². The summed E-state index contributed by atoms with van der Waals surface area (Å²) in [5.41, 5.74) is 2.02. The number of methoxy groups -OCH3 is 2. The molecule has 0 radical (unpaired) electrons. The summed E-state index contributed by atoms with van der Waals surface area (Å²) in [6.45, 7) is 3.31. The van der Waals surface area contributed by atoms with Crippen LogP contribution in [0.25, 0.3) is 0 Å². The zero-order chi connectivity index (χ0) is 18.3. The van der Waals surface area contributed by atoms with Crippen LogP contribution in [0.4, 0.5) is 0 Å². The van der Waals surface area contributed by atoms with Gasteiger partial charge in [0, 0.05) is 25.7 Å². The SMILES string of the molecule is COc1cc(CNCCNS(=O)(=O)c2ccc(C)cc2)cc(OC)c1. The predicted molar refractivity (Wildman–Crippen MR) is 97.6 cm³/mol. The Bertz CT molecular complexity index is 767. The maximum absolute atomic E-state index is 12.2.